The number of hydrogen-bond acceptors (Lipinski definition) is 5. The Hall–Kier alpha value is -2.21. The summed E-state index contributed by atoms with van der Waals surface area (Å²) in [4.78, 5) is 36.0. The van der Waals surface area contributed by atoms with Crippen molar-refractivity contribution in [3.8, 4) is 0 Å². The zero-order valence-corrected chi connectivity index (χ0v) is 22.5. The summed E-state index contributed by atoms with van der Waals surface area (Å²) < 4.78 is 2.09. The van der Waals surface area contributed by atoms with Crippen LogP contribution in [0.25, 0.3) is 11.0 Å². The van der Waals surface area contributed by atoms with Crippen LogP contribution in [0.5, 0.6) is 0 Å². The molecule has 8 atom stereocenters. The van der Waals surface area contributed by atoms with Crippen molar-refractivity contribution in [1.82, 2.24) is 14.5 Å². The van der Waals surface area contributed by atoms with Gasteiger partial charge in [0.15, 0.2) is 11.6 Å². The maximum Gasteiger partial charge on any atom is 0.294 e. The summed E-state index contributed by atoms with van der Waals surface area (Å²) in [6, 6.07) is 10.0. The maximum atomic E-state index is 14.1. The van der Waals surface area contributed by atoms with E-state index in [1.54, 1.807) is 6.92 Å². The number of benzene rings is 1. The number of carbonyl (C=O) groups is 1. The summed E-state index contributed by atoms with van der Waals surface area (Å²) in [6.07, 6.45) is 13.9. The molecular formula is C31H42N4O2. The number of fused-ring (bicyclic) bond motifs is 5. The van der Waals surface area contributed by atoms with Crippen molar-refractivity contribution in [2.45, 2.75) is 115 Å². The molecule has 5 aliphatic rings. The predicted octanol–water partition coefficient (Wildman–Crippen LogP) is 5.34. The molecule has 2 aliphatic carbocycles. The summed E-state index contributed by atoms with van der Waals surface area (Å²) in [5.74, 6) is 3.36. The third kappa shape index (κ3) is 4.05. The second-order valence-electron chi connectivity index (χ2n) is 13.2. The van der Waals surface area contributed by atoms with Gasteiger partial charge in [0.1, 0.15) is 0 Å². The molecule has 1 aromatic carbocycles. The monoisotopic (exact) mass is 502 g/mol. The van der Waals surface area contributed by atoms with Crippen LogP contribution in [0.15, 0.2) is 29.1 Å². The van der Waals surface area contributed by atoms with E-state index in [0.29, 0.717) is 17.9 Å². The molecule has 198 valence electrons. The first-order valence-corrected chi connectivity index (χ1v) is 15.0. The number of hydrogen-bond donors (Lipinski definition) is 0. The zero-order chi connectivity index (χ0) is 25.3. The lowest BCUT2D eigenvalue weighted by Gasteiger charge is -2.56. The molecule has 5 fully saturated rings. The molecule has 1 unspecified atom stereocenters. The average Bonchev–Trinajstić information content (AvgIpc) is 2.82. The Balaban J connectivity index is 1.22. The smallest absolute Gasteiger partial charge is 0.294 e. The Bertz CT molecular complexity index is 1220. The minimum atomic E-state index is -0.204. The van der Waals surface area contributed by atoms with Gasteiger partial charge in [0.2, 0.25) is 0 Å². The van der Waals surface area contributed by atoms with Gasteiger partial charge in [0.25, 0.3) is 5.56 Å². The highest BCUT2D eigenvalue weighted by molar-refractivity contribution is 5.87. The van der Waals surface area contributed by atoms with E-state index < -0.39 is 0 Å². The van der Waals surface area contributed by atoms with Crippen LogP contribution in [0.4, 0.5) is 5.82 Å². The van der Waals surface area contributed by atoms with Gasteiger partial charge in [-0.1, -0.05) is 25.5 Å². The molecule has 6 nitrogen and oxygen atoms in total. The van der Waals surface area contributed by atoms with Gasteiger partial charge in [-0.2, -0.15) is 0 Å². The molecule has 3 saturated heterocycles. The van der Waals surface area contributed by atoms with E-state index in [1.807, 2.05) is 23.1 Å². The Labute approximate surface area is 220 Å². The molecule has 4 heterocycles. The van der Waals surface area contributed by atoms with Crippen LogP contribution in [0, 0.1) is 17.8 Å². The van der Waals surface area contributed by atoms with E-state index in [-0.39, 0.29) is 23.4 Å². The maximum absolute atomic E-state index is 14.1. The molecule has 3 aliphatic heterocycles. The standard InChI is InChI=1S/C31H42N4O2/c1-19-12-21-14-22(13-19)16-25(15-21)34-23-6-5-7-24(34)18-26(17-23)35-29-9-4-3-8-27(29)32-30(31(35)37)33-11-10-28(33)20(2)36/h3-4,8-9,19,21-26,28H,5-7,10-18H2,1-2H3/t19-,21-,22+,23-,24+,25+,26?,28-/m0/s1. The van der Waals surface area contributed by atoms with Crippen molar-refractivity contribution in [3.05, 3.63) is 34.6 Å². The molecule has 7 rings (SSSR count). The Morgan fingerprint density at radius 2 is 1.57 bits per heavy atom. The lowest BCUT2D eigenvalue weighted by Crippen LogP contribution is -2.59. The number of carbonyl (C=O) groups excluding carboxylic acids is 1. The van der Waals surface area contributed by atoms with Crippen LogP contribution in [0.1, 0.15) is 90.5 Å². The van der Waals surface area contributed by atoms with Crippen molar-refractivity contribution in [2.24, 2.45) is 17.8 Å². The van der Waals surface area contributed by atoms with Crippen molar-refractivity contribution in [3.63, 3.8) is 0 Å². The van der Waals surface area contributed by atoms with Crippen LogP contribution < -0.4 is 10.5 Å². The first-order chi connectivity index (χ1) is 18.0. The number of anilines is 1. The van der Waals surface area contributed by atoms with Crippen LogP contribution >= 0.6 is 0 Å². The number of nitrogens with zero attached hydrogens (tertiary/aromatic N) is 4. The molecule has 0 spiro atoms. The van der Waals surface area contributed by atoms with Gasteiger partial charge in [-0.3, -0.25) is 14.5 Å². The third-order valence-corrected chi connectivity index (χ3v) is 10.7. The quantitative estimate of drug-likeness (QED) is 0.565. The molecule has 37 heavy (non-hydrogen) atoms. The fraction of sp³-hybridized carbons (Fsp3) is 0.710. The molecule has 0 N–H and O–H groups in total. The third-order valence-electron chi connectivity index (χ3n) is 10.7. The predicted molar refractivity (Wildman–Crippen MR) is 147 cm³/mol. The van der Waals surface area contributed by atoms with Crippen molar-refractivity contribution in [2.75, 3.05) is 11.4 Å². The highest BCUT2D eigenvalue weighted by atomic mass is 16.1. The molecule has 2 aromatic rings. The Morgan fingerprint density at radius 3 is 2.22 bits per heavy atom. The minimum Gasteiger partial charge on any atom is -0.342 e. The van der Waals surface area contributed by atoms with Crippen LogP contribution in [0.3, 0.4) is 0 Å². The molecule has 4 bridgehead atoms. The summed E-state index contributed by atoms with van der Waals surface area (Å²) in [5, 5.41) is 0. The highest BCUT2D eigenvalue weighted by Crippen LogP contribution is 2.48. The summed E-state index contributed by atoms with van der Waals surface area (Å²) in [7, 11) is 0. The number of aromatic nitrogens is 2. The number of ketones is 1. The van der Waals surface area contributed by atoms with Gasteiger partial charge < -0.3 is 9.47 Å². The van der Waals surface area contributed by atoms with E-state index >= 15 is 0 Å². The van der Waals surface area contributed by atoms with Gasteiger partial charge in [0, 0.05) is 30.7 Å². The molecule has 0 amide bonds. The minimum absolute atomic E-state index is 0.00218. The van der Waals surface area contributed by atoms with E-state index in [9.17, 15) is 9.59 Å². The summed E-state index contributed by atoms with van der Waals surface area (Å²) >= 11 is 0. The zero-order valence-electron chi connectivity index (χ0n) is 22.5. The number of piperidine rings is 2. The molecule has 6 heteroatoms. The van der Waals surface area contributed by atoms with Gasteiger partial charge in [-0.25, -0.2) is 4.98 Å². The SMILES string of the molecule is CC(=O)[C@@H]1CCN1c1nc2ccccc2n(C2C[C@H]3CCC[C@@H](C2)N3[C@H]2C[C@@H]3C[C@@H](C)C[C@@H](C3)C2)c1=O. The van der Waals surface area contributed by atoms with Gasteiger partial charge >= 0.3 is 0 Å². The van der Waals surface area contributed by atoms with E-state index in [0.717, 1.165) is 60.6 Å². The second kappa shape index (κ2) is 9.21. The van der Waals surface area contributed by atoms with Gasteiger partial charge in [0.05, 0.1) is 17.1 Å². The molecule has 0 radical (unpaired) electrons. The Kier molecular flexibility index (Phi) is 5.95. The summed E-state index contributed by atoms with van der Waals surface area (Å²) in [5.41, 5.74) is 1.82. The van der Waals surface area contributed by atoms with Gasteiger partial charge in [-0.15, -0.1) is 0 Å². The molecular weight excluding hydrogens is 460 g/mol. The van der Waals surface area contributed by atoms with Crippen LogP contribution in [0.2, 0.25) is 0 Å². The normalized spacial score (nSPS) is 37.8. The summed E-state index contributed by atoms with van der Waals surface area (Å²) in [6.45, 7) is 4.83. The largest absolute Gasteiger partial charge is 0.342 e. The number of rotatable bonds is 4. The highest BCUT2D eigenvalue weighted by Gasteiger charge is 2.46. The van der Waals surface area contributed by atoms with E-state index in [2.05, 4.69) is 22.5 Å². The average molecular weight is 503 g/mol. The fourth-order valence-corrected chi connectivity index (χ4v) is 9.34. The number of para-hydroxylation sites is 2. The van der Waals surface area contributed by atoms with Crippen molar-refractivity contribution < 1.29 is 4.79 Å². The topological polar surface area (TPSA) is 58.4 Å². The van der Waals surface area contributed by atoms with Crippen molar-refractivity contribution in [1.29, 1.82) is 0 Å². The second-order valence-corrected chi connectivity index (χ2v) is 13.2. The molecule has 1 aromatic heterocycles. The Morgan fingerprint density at radius 1 is 0.865 bits per heavy atom. The van der Waals surface area contributed by atoms with Gasteiger partial charge in [-0.05, 0) is 101 Å². The lowest BCUT2D eigenvalue weighted by atomic mass is 9.65. The molecule has 2 saturated carbocycles. The lowest BCUT2D eigenvalue weighted by molar-refractivity contribution is -0.119. The van der Waals surface area contributed by atoms with Crippen LogP contribution in [-0.4, -0.2) is 50.9 Å². The van der Waals surface area contributed by atoms with Crippen LogP contribution in [-0.2, 0) is 4.79 Å². The van der Waals surface area contributed by atoms with Crippen molar-refractivity contribution >= 4 is 22.6 Å². The number of Topliss-reactive ketones (excluding diaryl/α,β-unsaturated/α-hetero) is 1. The van der Waals surface area contributed by atoms with E-state index in [1.165, 1.54) is 51.4 Å². The first kappa shape index (κ1) is 23.9. The fourth-order valence-electron chi connectivity index (χ4n) is 9.34. The van der Waals surface area contributed by atoms with E-state index in [4.69, 9.17) is 4.98 Å². The first-order valence-electron chi connectivity index (χ1n) is 15.0.